The van der Waals surface area contributed by atoms with E-state index in [1.807, 2.05) is 36.9 Å². The van der Waals surface area contributed by atoms with E-state index in [0.717, 1.165) is 6.42 Å². The maximum Gasteiger partial charge on any atom is 0.390 e. The molecule has 0 aliphatic carbocycles. The van der Waals surface area contributed by atoms with Crippen LogP contribution in [0.25, 0.3) is 0 Å². The van der Waals surface area contributed by atoms with Gasteiger partial charge in [0, 0.05) is 31.2 Å². The van der Waals surface area contributed by atoms with Crippen molar-refractivity contribution in [1.82, 2.24) is 10.2 Å². The number of piperazine rings is 1. The summed E-state index contributed by atoms with van der Waals surface area (Å²) in [5.74, 6) is 0. The molecule has 118 valence electrons. The summed E-state index contributed by atoms with van der Waals surface area (Å²) in [5, 5.41) is 3.46. The highest BCUT2D eigenvalue weighted by Gasteiger charge is 2.36. The number of alkyl halides is 3. The zero-order valence-electron chi connectivity index (χ0n) is 12.6. The van der Waals surface area contributed by atoms with Gasteiger partial charge in [-0.3, -0.25) is 4.90 Å². The lowest BCUT2D eigenvalue weighted by Gasteiger charge is -2.46. The molecule has 1 fully saturated rings. The van der Waals surface area contributed by atoms with Crippen molar-refractivity contribution >= 4 is 0 Å². The van der Waals surface area contributed by atoms with Crippen LogP contribution in [0.15, 0.2) is 30.3 Å². The molecular weight excluding hydrogens is 277 g/mol. The van der Waals surface area contributed by atoms with E-state index >= 15 is 0 Å². The maximum absolute atomic E-state index is 12.5. The average molecular weight is 300 g/mol. The van der Waals surface area contributed by atoms with Crippen LogP contribution in [0.1, 0.15) is 25.8 Å². The Hall–Kier alpha value is -1.07. The van der Waals surface area contributed by atoms with Crippen molar-refractivity contribution in [2.24, 2.45) is 0 Å². The first-order valence-electron chi connectivity index (χ1n) is 7.35. The van der Waals surface area contributed by atoms with E-state index in [9.17, 15) is 13.2 Å². The molecule has 5 heteroatoms. The molecule has 1 N–H and O–H groups in total. The molecule has 2 nitrogen and oxygen atoms in total. The highest BCUT2D eigenvalue weighted by atomic mass is 19.4. The van der Waals surface area contributed by atoms with Crippen molar-refractivity contribution < 1.29 is 13.2 Å². The van der Waals surface area contributed by atoms with Gasteiger partial charge in [0.15, 0.2) is 0 Å². The zero-order valence-corrected chi connectivity index (χ0v) is 12.6. The summed E-state index contributed by atoms with van der Waals surface area (Å²) in [4.78, 5) is 1.96. The van der Waals surface area contributed by atoms with Gasteiger partial charge in [0.2, 0.25) is 0 Å². The molecule has 1 unspecified atom stereocenters. The predicted molar refractivity (Wildman–Crippen MR) is 78.3 cm³/mol. The van der Waals surface area contributed by atoms with E-state index < -0.39 is 12.6 Å². The molecule has 0 saturated carbocycles. The van der Waals surface area contributed by atoms with Gasteiger partial charge in [0.25, 0.3) is 0 Å². The molecular formula is C16H23F3N2. The minimum absolute atomic E-state index is 0.0729. The van der Waals surface area contributed by atoms with Crippen LogP contribution < -0.4 is 5.32 Å². The van der Waals surface area contributed by atoms with Gasteiger partial charge in [-0.1, -0.05) is 30.3 Å². The number of halogens is 3. The van der Waals surface area contributed by atoms with E-state index in [2.05, 4.69) is 17.4 Å². The molecule has 1 saturated heterocycles. The summed E-state index contributed by atoms with van der Waals surface area (Å²) < 4.78 is 37.4. The van der Waals surface area contributed by atoms with Gasteiger partial charge >= 0.3 is 6.18 Å². The largest absolute Gasteiger partial charge is 0.390 e. The summed E-state index contributed by atoms with van der Waals surface area (Å²) >= 11 is 0. The Morgan fingerprint density at radius 2 is 1.90 bits per heavy atom. The van der Waals surface area contributed by atoms with Crippen molar-refractivity contribution in [3.05, 3.63) is 35.9 Å². The normalized spacial score (nSPS) is 23.2. The van der Waals surface area contributed by atoms with Crippen molar-refractivity contribution in [1.29, 1.82) is 0 Å². The van der Waals surface area contributed by atoms with Crippen LogP contribution in [0.5, 0.6) is 0 Å². The quantitative estimate of drug-likeness (QED) is 0.918. The summed E-state index contributed by atoms with van der Waals surface area (Å²) in [6, 6.07) is 10.3. The Balaban J connectivity index is 1.95. The van der Waals surface area contributed by atoms with Gasteiger partial charge in [-0.05, 0) is 25.8 Å². The van der Waals surface area contributed by atoms with Crippen LogP contribution in [0.3, 0.4) is 0 Å². The van der Waals surface area contributed by atoms with E-state index in [1.165, 1.54) is 5.56 Å². The van der Waals surface area contributed by atoms with E-state index in [-0.39, 0.29) is 18.1 Å². The smallest absolute Gasteiger partial charge is 0.311 e. The third-order valence-electron chi connectivity index (χ3n) is 4.11. The lowest BCUT2D eigenvalue weighted by Crippen LogP contribution is -2.62. The molecule has 0 aromatic heterocycles. The van der Waals surface area contributed by atoms with Gasteiger partial charge in [-0.2, -0.15) is 13.2 Å². The van der Waals surface area contributed by atoms with Crippen LogP contribution in [0.2, 0.25) is 0 Å². The van der Waals surface area contributed by atoms with Gasteiger partial charge < -0.3 is 5.32 Å². The lowest BCUT2D eigenvalue weighted by molar-refractivity contribution is -0.142. The number of nitrogens with zero attached hydrogens (tertiary/aromatic N) is 1. The van der Waals surface area contributed by atoms with Crippen LogP contribution in [0.4, 0.5) is 13.2 Å². The van der Waals surface area contributed by atoms with Crippen LogP contribution >= 0.6 is 0 Å². The minimum Gasteiger partial charge on any atom is -0.311 e. The van der Waals surface area contributed by atoms with Crippen molar-refractivity contribution in [3.63, 3.8) is 0 Å². The summed E-state index contributed by atoms with van der Waals surface area (Å²) in [6.45, 7) is 5.42. The molecule has 1 aromatic rings. The fourth-order valence-electron chi connectivity index (χ4n) is 2.77. The molecule has 2 rings (SSSR count). The molecule has 1 aliphatic heterocycles. The first-order valence-corrected chi connectivity index (χ1v) is 7.35. The Bertz CT molecular complexity index is 443. The van der Waals surface area contributed by atoms with Gasteiger partial charge in [0.05, 0.1) is 6.42 Å². The Morgan fingerprint density at radius 1 is 1.24 bits per heavy atom. The van der Waals surface area contributed by atoms with Crippen molar-refractivity contribution in [2.75, 3.05) is 19.6 Å². The lowest BCUT2D eigenvalue weighted by atomic mass is 9.94. The fraction of sp³-hybridized carbons (Fsp3) is 0.625. The third kappa shape index (κ3) is 5.00. The summed E-state index contributed by atoms with van der Waals surface area (Å²) in [6.07, 6.45) is -3.98. The van der Waals surface area contributed by atoms with Crippen LogP contribution in [-0.2, 0) is 6.42 Å². The van der Waals surface area contributed by atoms with Crippen molar-refractivity contribution in [2.45, 2.75) is 44.4 Å². The van der Waals surface area contributed by atoms with E-state index in [4.69, 9.17) is 0 Å². The highest BCUT2D eigenvalue weighted by molar-refractivity contribution is 5.16. The Labute approximate surface area is 124 Å². The van der Waals surface area contributed by atoms with E-state index in [1.54, 1.807) is 0 Å². The van der Waals surface area contributed by atoms with Crippen molar-refractivity contribution in [3.8, 4) is 0 Å². The van der Waals surface area contributed by atoms with Gasteiger partial charge in [-0.15, -0.1) is 0 Å². The topological polar surface area (TPSA) is 15.3 Å². The second-order valence-corrected chi connectivity index (χ2v) is 6.39. The molecule has 1 atom stereocenters. The predicted octanol–water partition coefficient (Wildman–Crippen LogP) is 3.23. The second kappa shape index (κ2) is 6.36. The molecule has 0 radical (unpaired) electrons. The Kier molecular flexibility index (Phi) is 4.94. The molecule has 1 aliphatic rings. The Morgan fingerprint density at radius 3 is 2.52 bits per heavy atom. The standard InChI is InChI=1S/C16H23F3N2/c1-15(2)12-20-14(10-13-6-4-3-5-7-13)11-21(15)9-8-16(17,18)19/h3-7,14,20H,8-12H2,1-2H3. The van der Waals surface area contributed by atoms with Crippen LogP contribution in [0, 0.1) is 0 Å². The minimum atomic E-state index is -4.09. The molecule has 0 amide bonds. The first kappa shape index (κ1) is 16.3. The van der Waals surface area contributed by atoms with Gasteiger partial charge in [-0.25, -0.2) is 0 Å². The molecule has 0 bridgehead atoms. The molecule has 1 heterocycles. The third-order valence-corrected chi connectivity index (χ3v) is 4.11. The second-order valence-electron chi connectivity index (χ2n) is 6.39. The number of hydrogen-bond donors (Lipinski definition) is 1. The summed E-state index contributed by atoms with van der Waals surface area (Å²) in [7, 11) is 0. The number of rotatable bonds is 4. The van der Waals surface area contributed by atoms with Crippen LogP contribution in [-0.4, -0.2) is 42.3 Å². The first-order chi connectivity index (χ1) is 9.76. The SMILES string of the molecule is CC1(C)CNC(Cc2ccccc2)CN1CCC(F)(F)F. The zero-order chi connectivity index (χ0) is 15.5. The summed E-state index contributed by atoms with van der Waals surface area (Å²) in [5.41, 5.74) is 0.976. The number of benzene rings is 1. The monoisotopic (exact) mass is 300 g/mol. The van der Waals surface area contributed by atoms with Gasteiger partial charge in [0.1, 0.15) is 0 Å². The maximum atomic E-state index is 12.5. The molecule has 21 heavy (non-hydrogen) atoms. The molecule has 0 spiro atoms. The highest BCUT2D eigenvalue weighted by Crippen LogP contribution is 2.25. The number of hydrogen-bond acceptors (Lipinski definition) is 2. The number of nitrogens with one attached hydrogen (secondary N) is 1. The molecule has 1 aromatic carbocycles. The fourth-order valence-corrected chi connectivity index (χ4v) is 2.77. The average Bonchev–Trinajstić information content (AvgIpc) is 2.39. The van der Waals surface area contributed by atoms with E-state index in [0.29, 0.717) is 13.1 Å².